The molecule has 1 rings (SSSR count). The Balaban J connectivity index is 3.15. The Morgan fingerprint density at radius 2 is 1.69 bits per heavy atom. The maximum absolute atomic E-state index is 5.81. The molecule has 1 aromatic rings. The van der Waals surface area contributed by atoms with E-state index in [0.717, 1.165) is 0 Å². The summed E-state index contributed by atoms with van der Waals surface area (Å²) in [4.78, 5) is 0. The molecule has 1 N–H and O–H groups in total. The molecule has 0 bridgehead atoms. The molecule has 0 atom stereocenters. The van der Waals surface area contributed by atoms with E-state index in [2.05, 4.69) is 31.3 Å². The van der Waals surface area contributed by atoms with E-state index in [4.69, 9.17) is 58.0 Å². The molecular formula is C4HBrCl5N3. The van der Waals surface area contributed by atoms with Gasteiger partial charge in [-0.25, -0.2) is 0 Å². The van der Waals surface area contributed by atoms with Gasteiger partial charge in [0.2, 0.25) is 8.13 Å². The summed E-state index contributed by atoms with van der Waals surface area (Å²) >= 11 is 31.3. The van der Waals surface area contributed by atoms with Crippen molar-refractivity contribution < 1.29 is 0 Å². The third kappa shape index (κ3) is 2.36. The number of alkyl halides is 5. The molecule has 0 saturated carbocycles. The van der Waals surface area contributed by atoms with Crippen LogP contribution in [0.25, 0.3) is 0 Å². The molecule has 3 nitrogen and oxygen atoms in total. The average molecular weight is 348 g/mol. The topological polar surface area (TPSA) is 41.6 Å². The van der Waals surface area contributed by atoms with Crippen LogP contribution < -0.4 is 0 Å². The zero-order valence-corrected chi connectivity index (χ0v) is 11.0. The lowest BCUT2D eigenvalue weighted by Crippen LogP contribution is -2.29. The third-order valence-corrected chi connectivity index (χ3v) is 4.11. The average Bonchev–Trinajstić information content (AvgIpc) is 2.32. The van der Waals surface area contributed by atoms with Gasteiger partial charge in [0.1, 0.15) is 5.69 Å². The Bertz CT molecular complexity index is 305. The van der Waals surface area contributed by atoms with Gasteiger partial charge in [0.05, 0.1) is 0 Å². The second-order valence-corrected chi connectivity index (χ2v) is 6.41. The highest BCUT2D eigenvalue weighted by molar-refractivity contribution is 9.10. The van der Waals surface area contributed by atoms with E-state index in [1.807, 2.05) is 0 Å². The van der Waals surface area contributed by atoms with Crippen LogP contribution in [0, 0.1) is 0 Å². The minimum atomic E-state index is -1.88. The van der Waals surface area contributed by atoms with Crippen LogP contribution in [0.4, 0.5) is 0 Å². The van der Waals surface area contributed by atoms with Crippen molar-refractivity contribution in [3.63, 3.8) is 0 Å². The predicted octanol–water partition coefficient (Wildman–Crippen LogP) is 3.57. The summed E-state index contributed by atoms with van der Waals surface area (Å²) in [6.07, 6.45) is 0. The normalized spacial score (nSPS) is 13.4. The molecule has 0 radical (unpaired) electrons. The Labute approximate surface area is 107 Å². The molecule has 1 heterocycles. The first-order valence-corrected chi connectivity index (χ1v) is 5.46. The molecule has 13 heavy (non-hydrogen) atoms. The monoisotopic (exact) mass is 345 g/mol. The van der Waals surface area contributed by atoms with Gasteiger partial charge in [0, 0.05) is 0 Å². The van der Waals surface area contributed by atoms with E-state index in [1.165, 1.54) is 0 Å². The Morgan fingerprint density at radius 1 is 1.15 bits per heavy atom. The highest BCUT2D eigenvalue weighted by atomic mass is 79.9. The van der Waals surface area contributed by atoms with Gasteiger partial charge in [-0.2, -0.15) is 0 Å². The molecule has 0 fully saturated rings. The van der Waals surface area contributed by atoms with Crippen molar-refractivity contribution in [2.45, 2.75) is 8.13 Å². The molecule has 0 spiro atoms. The van der Waals surface area contributed by atoms with Gasteiger partial charge >= 0.3 is 0 Å². The van der Waals surface area contributed by atoms with Gasteiger partial charge in [-0.05, 0) is 15.9 Å². The summed E-state index contributed by atoms with van der Waals surface area (Å²) in [5, 5.41) is 9.42. The molecule has 0 unspecified atom stereocenters. The van der Waals surface area contributed by atoms with E-state index in [0.29, 0.717) is 4.60 Å². The van der Waals surface area contributed by atoms with Crippen LogP contribution in [0.15, 0.2) is 4.60 Å². The standard InChI is InChI=1S/C4HBrCl5N3/c5-2-1(11-13-12-2)3(6,7)4(8,9)10/h(H,11,12,13). The number of hydrogen-bond acceptors (Lipinski definition) is 2. The van der Waals surface area contributed by atoms with Gasteiger partial charge in [-0.1, -0.05) is 63.2 Å². The van der Waals surface area contributed by atoms with Crippen molar-refractivity contribution in [1.29, 1.82) is 0 Å². The van der Waals surface area contributed by atoms with E-state index < -0.39 is 8.13 Å². The number of nitrogens with zero attached hydrogens (tertiary/aromatic N) is 2. The van der Waals surface area contributed by atoms with Crippen LogP contribution in [0.1, 0.15) is 5.69 Å². The number of hydrogen-bond donors (Lipinski definition) is 1. The van der Waals surface area contributed by atoms with Crippen LogP contribution in [0.2, 0.25) is 0 Å². The number of nitrogens with one attached hydrogen (secondary N) is 1. The first-order valence-electron chi connectivity index (χ1n) is 2.78. The lowest BCUT2D eigenvalue weighted by atomic mass is 10.3. The summed E-state index contributed by atoms with van der Waals surface area (Å²) in [6, 6.07) is 0. The first-order chi connectivity index (χ1) is 5.77. The zero-order chi connectivity index (χ0) is 10.3. The maximum atomic E-state index is 5.81. The minimum absolute atomic E-state index is 0.191. The molecular weight excluding hydrogens is 347 g/mol. The Morgan fingerprint density at radius 3 is 2.00 bits per heavy atom. The number of halogens is 6. The fourth-order valence-electron chi connectivity index (χ4n) is 0.557. The minimum Gasteiger partial charge on any atom is -0.258 e. The van der Waals surface area contributed by atoms with Crippen molar-refractivity contribution >= 4 is 73.9 Å². The SMILES string of the molecule is ClC(Cl)(Cl)C(Cl)(Cl)c1[nH]nnc1Br. The van der Waals surface area contributed by atoms with E-state index in [-0.39, 0.29) is 5.69 Å². The number of aromatic nitrogens is 3. The van der Waals surface area contributed by atoms with E-state index in [9.17, 15) is 0 Å². The van der Waals surface area contributed by atoms with Crippen LogP contribution in [0.5, 0.6) is 0 Å². The molecule has 0 saturated heterocycles. The fourth-order valence-corrected chi connectivity index (χ4v) is 1.80. The maximum Gasteiger partial charge on any atom is 0.228 e. The smallest absolute Gasteiger partial charge is 0.228 e. The highest BCUT2D eigenvalue weighted by Gasteiger charge is 2.50. The Kier molecular flexibility index (Phi) is 3.65. The van der Waals surface area contributed by atoms with Crippen molar-refractivity contribution in [2.24, 2.45) is 0 Å². The Hall–Kier alpha value is 1.07. The van der Waals surface area contributed by atoms with E-state index in [1.54, 1.807) is 0 Å². The molecule has 0 aliphatic rings. The quantitative estimate of drug-likeness (QED) is 0.789. The van der Waals surface area contributed by atoms with Crippen LogP contribution in [-0.4, -0.2) is 19.2 Å². The lowest BCUT2D eigenvalue weighted by Gasteiger charge is -2.25. The molecule has 0 aromatic carbocycles. The summed E-state index contributed by atoms with van der Waals surface area (Å²) in [6.45, 7) is 0. The van der Waals surface area contributed by atoms with Gasteiger partial charge in [0.25, 0.3) is 0 Å². The van der Waals surface area contributed by atoms with Crippen molar-refractivity contribution in [2.75, 3.05) is 0 Å². The predicted molar refractivity (Wildman–Crippen MR) is 57.8 cm³/mol. The molecule has 9 heteroatoms. The van der Waals surface area contributed by atoms with Gasteiger partial charge in [-0.3, -0.25) is 5.10 Å². The summed E-state index contributed by atoms with van der Waals surface area (Å²) < 4.78 is -3.32. The fraction of sp³-hybridized carbons (Fsp3) is 0.500. The molecule has 0 aliphatic heterocycles. The number of aromatic amines is 1. The summed E-state index contributed by atoms with van der Waals surface area (Å²) in [7, 11) is 0. The van der Waals surface area contributed by atoms with Crippen LogP contribution in [0.3, 0.4) is 0 Å². The molecule has 74 valence electrons. The summed E-state index contributed by atoms with van der Waals surface area (Å²) in [5.74, 6) is 0. The van der Waals surface area contributed by atoms with Gasteiger partial charge < -0.3 is 0 Å². The largest absolute Gasteiger partial charge is 0.258 e. The van der Waals surface area contributed by atoms with Crippen LogP contribution in [-0.2, 0) is 4.33 Å². The van der Waals surface area contributed by atoms with Crippen molar-refractivity contribution in [1.82, 2.24) is 15.4 Å². The second-order valence-electron chi connectivity index (χ2n) is 2.05. The first kappa shape index (κ1) is 12.1. The van der Waals surface area contributed by atoms with Crippen molar-refractivity contribution in [3.05, 3.63) is 10.3 Å². The van der Waals surface area contributed by atoms with Gasteiger partial charge in [-0.15, -0.1) is 5.10 Å². The highest BCUT2D eigenvalue weighted by Crippen LogP contribution is 2.53. The lowest BCUT2D eigenvalue weighted by molar-refractivity contribution is 0.811. The summed E-state index contributed by atoms with van der Waals surface area (Å²) in [5.41, 5.74) is 0.191. The molecule has 0 aliphatic carbocycles. The number of rotatable bonds is 1. The third-order valence-electron chi connectivity index (χ3n) is 1.18. The number of H-pyrrole nitrogens is 1. The second kappa shape index (κ2) is 3.91. The van der Waals surface area contributed by atoms with Crippen molar-refractivity contribution in [3.8, 4) is 0 Å². The van der Waals surface area contributed by atoms with Crippen LogP contribution >= 0.6 is 73.9 Å². The molecule has 0 amide bonds. The zero-order valence-electron chi connectivity index (χ0n) is 5.66. The van der Waals surface area contributed by atoms with Gasteiger partial charge in [0.15, 0.2) is 4.60 Å². The van der Waals surface area contributed by atoms with E-state index >= 15 is 0 Å². The molecule has 1 aromatic heterocycles.